The molecule has 0 fully saturated rings. The number of rotatable bonds is 2. The van der Waals surface area contributed by atoms with Crippen LogP contribution in [0.15, 0.2) is 72.8 Å². The van der Waals surface area contributed by atoms with Crippen LogP contribution in [-0.2, 0) is 5.41 Å². The summed E-state index contributed by atoms with van der Waals surface area (Å²) in [6, 6.07) is 25.1. The molecule has 0 atom stereocenters. The minimum Gasteiger partial charge on any atom is -0.355 e. The third-order valence-corrected chi connectivity index (χ3v) is 8.64. The molecule has 2 aromatic carbocycles. The number of aromatic amines is 2. The van der Waals surface area contributed by atoms with Crippen molar-refractivity contribution in [2.24, 2.45) is 0 Å². The molecule has 8 bridgehead atoms. The topological polar surface area (TPSA) is 74.4 Å². The Balaban J connectivity index is 0.00000343. The Morgan fingerprint density at radius 1 is 0.614 bits per heavy atom. The average molecular weight is 589 g/mol. The van der Waals surface area contributed by atoms with Crippen LogP contribution < -0.4 is 0 Å². The third kappa shape index (κ3) is 5.02. The smallest absolute Gasteiger partial charge is 0.316 e. The Bertz CT molecular complexity index is 2140. The van der Waals surface area contributed by atoms with Crippen LogP contribution in [0.25, 0.3) is 56.5 Å². The first-order valence-electron chi connectivity index (χ1n) is 14.7. The normalized spacial score (nSPS) is 13.6. The van der Waals surface area contributed by atoms with Crippen LogP contribution in [0.3, 0.4) is 0 Å². The molecule has 216 valence electrons. The van der Waals surface area contributed by atoms with Crippen molar-refractivity contribution in [3.8, 4) is 22.3 Å². The number of hydrogen-bond donors (Lipinski definition) is 2. The Labute approximate surface area is 273 Å². The van der Waals surface area contributed by atoms with E-state index in [2.05, 4.69) is 98.3 Å². The number of nitrogens with one attached hydrogen (secondary N) is 2. The molecule has 0 unspecified atom stereocenters. The second kappa shape index (κ2) is 11.0. The number of benzene rings is 2. The zero-order chi connectivity index (χ0) is 30.0. The summed E-state index contributed by atoms with van der Waals surface area (Å²) in [5.74, 6) is 0.00857. The van der Waals surface area contributed by atoms with E-state index < -0.39 is 5.41 Å². The van der Waals surface area contributed by atoms with Crippen LogP contribution in [0.4, 0.5) is 0 Å². The summed E-state index contributed by atoms with van der Waals surface area (Å²) in [7, 11) is 0. The molecule has 2 N–H and O–H groups in total. The number of carbonyl (C=O) groups is 1. The van der Waals surface area contributed by atoms with Gasteiger partial charge in [0, 0.05) is 33.2 Å². The van der Waals surface area contributed by atoms with Crippen molar-refractivity contribution in [2.75, 3.05) is 0 Å². The lowest BCUT2D eigenvalue weighted by atomic mass is 9.85. The largest absolute Gasteiger partial charge is 0.355 e. The van der Waals surface area contributed by atoms with Gasteiger partial charge in [-0.15, -0.1) is 0 Å². The van der Waals surface area contributed by atoms with Gasteiger partial charge < -0.3 is 9.97 Å². The number of fused-ring (bicyclic) bond motifs is 8. The molecule has 6 heteroatoms. The number of hydrogen-bond acceptors (Lipinski definition) is 3. The van der Waals surface area contributed by atoms with E-state index >= 15 is 0 Å². The molecule has 0 saturated heterocycles. The summed E-state index contributed by atoms with van der Waals surface area (Å²) in [5.41, 5.74) is 14.9. The second-order valence-corrected chi connectivity index (χ2v) is 12.4. The summed E-state index contributed by atoms with van der Waals surface area (Å²) >= 11 is 0. The minimum atomic E-state index is -0.737. The summed E-state index contributed by atoms with van der Waals surface area (Å²) < 4.78 is 0. The van der Waals surface area contributed by atoms with E-state index in [4.69, 9.17) is 9.97 Å². The van der Waals surface area contributed by atoms with E-state index in [-0.39, 0.29) is 28.8 Å². The van der Waals surface area contributed by atoms with Gasteiger partial charge in [0.25, 0.3) is 0 Å². The minimum absolute atomic E-state index is 0. The van der Waals surface area contributed by atoms with E-state index in [1.807, 2.05) is 38.1 Å². The highest BCUT2D eigenvalue weighted by Gasteiger charge is 2.37. The van der Waals surface area contributed by atoms with Crippen LogP contribution in [0, 0.1) is 27.7 Å². The van der Waals surface area contributed by atoms with Gasteiger partial charge in [-0.3, -0.25) is 4.79 Å². The van der Waals surface area contributed by atoms with Gasteiger partial charge in [0.05, 0.1) is 22.5 Å². The zero-order valence-corrected chi connectivity index (χ0v) is 25.4. The lowest BCUT2D eigenvalue weighted by Gasteiger charge is -2.13. The lowest BCUT2D eigenvalue weighted by molar-refractivity contribution is 0.0919. The van der Waals surface area contributed by atoms with Gasteiger partial charge in [-0.2, -0.15) is 0 Å². The summed E-state index contributed by atoms with van der Waals surface area (Å²) in [5, 5.41) is 0. The Kier molecular flexibility index (Phi) is 7.46. The van der Waals surface area contributed by atoms with Crippen LogP contribution >= 0.6 is 0 Å². The molecule has 0 radical (unpaired) electrons. The number of aryl methyl sites for hydroxylation is 4. The highest BCUT2D eigenvalue weighted by molar-refractivity contribution is 6.05. The first-order chi connectivity index (χ1) is 20.6. The number of carbonyl (C=O) groups excluding carboxylic acids is 1. The fraction of sp³-hybridized carbons (Fsp3) is 0.184. The lowest BCUT2D eigenvalue weighted by Crippen LogP contribution is -2.23. The zero-order valence-electron chi connectivity index (χ0n) is 25.4. The Morgan fingerprint density at radius 3 is 1.82 bits per heavy atom. The summed E-state index contributed by atoms with van der Waals surface area (Å²) in [6.07, 6.45) is 4.23. The molecule has 2 aliphatic rings. The summed E-state index contributed by atoms with van der Waals surface area (Å²) in [4.78, 5) is 30.9. The second-order valence-electron chi connectivity index (χ2n) is 12.4. The van der Waals surface area contributed by atoms with Crippen molar-refractivity contribution in [1.82, 2.24) is 19.9 Å². The first-order valence-corrected chi connectivity index (χ1v) is 14.7. The van der Waals surface area contributed by atoms with Gasteiger partial charge in [-0.1, -0.05) is 47.5 Å². The molecule has 0 spiro atoms. The molecule has 5 heterocycles. The Morgan fingerprint density at radius 2 is 1.18 bits per heavy atom. The highest BCUT2D eigenvalue weighted by atomic mass is 24.3. The first kappa shape index (κ1) is 29.8. The molecule has 0 amide bonds. The fourth-order valence-corrected chi connectivity index (χ4v) is 6.42. The van der Waals surface area contributed by atoms with Crippen molar-refractivity contribution in [3.05, 3.63) is 118 Å². The van der Waals surface area contributed by atoms with Gasteiger partial charge in [-0.25, -0.2) is 9.97 Å². The molecule has 3 aromatic heterocycles. The van der Waals surface area contributed by atoms with Gasteiger partial charge in [0.15, 0.2) is 5.78 Å². The van der Waals surface area contributed by atoms with E-state index in [9.17, 15) is 4.79 Å². The van der Waals surface area contributed by atoms with Crippen molar-refractivity contribution < 1.29 is 4.79 Å². The van der Waals surface area contributed by atoms with E-state index in [0.29, 0.717) is 5.69 Å². The maximum Gasteiger partial charge on any atom is 0.316 e. The molecule has 0 saturated carbocycles. The molecule has 5 nitrogen and oxygen atoms in total. The highest BCUT2D eigenvalue weighted by Crippen LogP contribution is 2.38. The predicted octanol–water partition coefficient (Wildman–Crippen LogP) is 8.30. The number of ketones is 1. The molecule has 0 aliphatic carbocycles. The number of Topliss-reactive ketones (excluding diaryl/α,β-unsaturated/α-hetero) is 1. The van der Waals surface area contributed by atoms with Crippen LogP contribution in [0.2, 0.25) is 0 Å². The quantitative estimate of drug-likeness (QED) is 0.200. The van der Waals surface area contributed by atoms with Gasteiger partial charge >= 0.3 is 23.1 Å². The standard InChI is InChI=1S/C38H34N4O.Mg.2H/c1-21-7-9-25(10-8-21)35-28-13-12-27(40-28)20-33-38(5,6)37(43)32(42-33)19-26-11-14-30(39-26)36(31-16-15-29(35)41-31)34-23(3)17-22(2)18-24(34)4;;;/h7-20,39-40H,1-6H3;;;. The number of H-pyrrole nitrogens is 2. The molecular formula is C38H36MgN4O. The van der Waals surface area contributed by atoms with Crippen LogP contribution in [0.5, 0.6) is 0 Å². The predicted molar refractivity (Wildman–Crippen MR) is 186 cm³/mol. The number of nitrogens with zero attached hydrogens (tertiary/aromatic N) is 2. The van der Waals surface area contributed by atoms with Crippen molar-refractivity contribution in [1.29, 1.82) is 0 Å². The third-order valence-electron chi connectivity index (χ3n) is 8.64. The summed E-state index contributed by atoms with van der Waals surface area (Å²) in [6.45, 7) is 12.4. The maximum atomic E-state index is 13.5. The van der Waals surface area contributed by atoms with Crippen molar-refractivity contribution in [2.45, 2.75) is 47.0 Å². The SMILES string of the molecule is Cc1ccc(-c2c3nc(c(-c4c(C)cc(C)cc4C)c4ccc(cc5nc(cc6ccc2[nH]6)C(C)(C)C5=O)[nH]4)C=C3)cc1.[MgH2]. The fourth-order valence-electron chi connectivity index (χ4n) is 6.42. The van der Waals surface area contributed by atoms with E-state index in [1.165, 1.54) is 22.3 Å². The van der Waals surface area contributed by atoms with Crippen molar-refractivity contribution in [3.63, 3.8) is 0 Å². The van der Waals surface area contributed by atoms with Gasteiger partial charge in [0.2, 0.25) is 0 Å². The Hall–Kier alpha value is -4.26. The van der Waals surface area contributed by atoms with Crippen molar-refractivity contribution >= 4 is 63.1 Å². The molecular weight excluding hydrogens is 553 g/mol. The van der Waals surface area contributed by atoms with E-state index in [0.717, 1.165) is 61.4 Å². The van der Waals surface area contributed by atoms with Crippen LogP contribution in [-0.4, -0.2) is 48.8 Å². The average Bonchev–Trinajstić information content (AvgIpc) is 3.75. The monoisotopic (exact) mass is 588 g/mol. The van der Waals surface area contributed by atoms with Crippen LogP contribution in [0.1, 0.15) is 63.7 Å². The maximum absolute atomic E-state index is 13.5. The molecule has 2 aliphatic heterocycles. The molecule has 7 rings (SSSR count). The molecule has 5 aromatic rings. The van der Waals surface area contributed by atoms with Gasteiger partial charge in [-0.05, 0) is 112 Å². The van der Waals surface area contributed by atoms with E-state index in [1.54, 1.807) is 0 Å². The number of aromatic nitrogens is 4. The van der Waals surface area contributed by atoms with Gasteiger partial charge in [0.1, 0.15) is 5.69 Å². The molecule has 44 heavy (non-hydrogen) atoms.